The zero-order valence-corrected chi connectivity index (χ0v) is 22.4. The predicted molar refractivity (Wildman–Crippen MR) is 142 cm³/mol. The molecule has 0 fully saturated rings. The smallest absolute Gasteiger partial charge is 0.265 e. The lowest BCUT2D eigenvalue weighted by molar-refractivity contribution is -0.120. The summed E-state index contributed by atoms with van der Waals surface area (Å²) >= 11 is 6.24. The maximum absolute atomic E-state index is 14.0. The molecule has 0 aromatic heterocycles. The highest BCUT2D eigenvalue weighted by Crippen LogP contribution is 2.37. The van der Waals surface area contributed by atoms with Crippen molar-refractivity contribution in [3.05, 3.63) is 76.8 Å². The largest absolute Gasteiger partial charge is 0.495 e. The summed E-state index contributed by atoms with van der Waals surface area (Å²) in [4.78, 5) is 13.3. The SMILES string of the molecule is COc1ccc(S(=O)(=O)N(CC(=O)N[C@@H]2CCCc3ccccc32)c2cc(Cl)ccc2OC)cc1OC. The molecule has 196 valence electrons. The molecule has 0 aliphatic heterocycles. The number of sulfonamides is 1. The fourth-order valence-corrected chi connectivity index (χ4v) is 6.14. The van der Waals surface area contributed by atoms with Crippen LogP contribution in [0.4, 0.5) is 5.69 Å². The Morgan fingerprint density at radius 3 is 2.41 bits per heavy atom. The number of carbonyl (C=O) groups excluding carboxylic acids is 1. The summed E-state index contributed by atoms with van der Waals surface area (Å²) < 4.78 is 44.9. The number of methoxy groups -OCH3 is 3. The second kappa shape index (κ2) is 11.3. The maximum atomic E-state index is 14.0. The van der Waals surface area contributed by atoms with E-state index in [4.69, 9.17) is 25.8 Å². The lowest BCUT2D eigenvalue weighted by atomic mass is 9.88. The van der Waals surface area contributed by atoms with Gasteiger partial charge < -0.3 is 19.5 Å². The Morgan fingerprint density at radius 1 is 0.973 bits per heavy atom. The van der Waals surface area contributed by atoms with Gasteiger partial charge in [-0.25, -0.2) is 8.42 Å². The third-order valence-corrected chi connectivity index (χ3v) is 8.34. The van der Waals surface area contributed by atoms with Crippen molar-refractivity contribution >= 4 is 33.2 Å². The Bertz CT molecular complexity index is 1400. The Hall–Kier alpha value is -3.43. The molecule has 1 atom stereocenters. The van der Waals surface area contributed by atoms with Gasteiger partial charge in [0.25, 0.3) is 10.0 Å². The number of benzene rings is 3. The van der Waals surface area contributed by atoms with E-state index in [0.717, 1.165) is 29.1 Å². The topological polar surface area (TPSA) is 94.2 Å². The number of fused-ring (bicyclic) bond motifs is 1. The van der Waals surface area contributed by atoms with Crippen LogP contribution in [0.2, 0.25) is 5.02 Å². The molecule has 3 aromatic rings. The number of amides is 1. The molecule has 0 radical (unpaired) electrons. The Kier molecular flexibility index (Phi) is 8.14. The lowest BCUT2D eigenvalue weighted by Gasteiger charge is -2.29. The second-order valence-corrected chi connectivity index (χ2v) is 10.9. The van der Waals surface area contributed by atoms with Crippen LogP contribution in [0.25, 0.3) is 0 Å². The molecule has 10 heteroatoms. The third kappa shape index (κ3) is 5.62. The zero-order chi connectivity index (χ0) is 26.6. The molecule has 1 aliphatic rings. The van der Waals surface area contributed by atoms with Gasteiger partial charge >= 0.3 is 0 Å². The number of halogens is 1. The monoisotopic (exact) mass is 544 g/mol. The van der Waals surface area contributed by atoms with Crippen LogP contribution in [0.15, 0.2) is 65.6 Å². The summed E-state index contributed by atoms with van der Waals surface area (Å²) in [6.45, 7) is -0.480. The van der Waals surface area contributed by atoms with E-state index in [2.05, 4.69) is 11.4 Å². The molecule has 1 N–H and O–H groups in total. The Morgan fingerprint density at radius 2 is 1.68 bits per heavy atom. The van der Waals surface area contributed by atoms with E-state index in [0.29, 0.717) is 10.8 Å². The van der Waals surface area contributed by atoms with Gasteiger partial charge in [-0.2, -0.15) is 0 Å². The normalized spacial score (nSPS) is 14.9. The first-order chi connectivity index (χ1) is 17.8. The van der Waals surface area contributed by atoms with E-state index < -0.39 is 22.5 Å². The van der Waals surface area contributed by atoms with Crippen LogP contribution < -0.4 is 23.8 Å². The summed E-state index contributed by atoms with van der Waals surface area (Å²) in [6, 6.07) is 16.6. The number of carbonyl (C=O) groups is 1. The number of rotatable bonds is 9. The highest BCUT2D eigenvalue weighted by molar-refractivity contribution is 7.92. The van der Waals surface area contributed by atoms with Crippen LogP contribution in [0, 0.1) is 0 Å². The fraction of sp³-hybridized carbons (Fsp3) is 0.296. The van der Waals surface area contributed by atoms with Gasteiger partial charge in [-0.3, -0.25) is 9.10 Å². The van der Waals surface area contributed by atoms with Crippen LogP contribution in [0.1, 0.15) is 30.0 Å². The van der Waals surface area contributed by atoms with E-state index in [1.54, 1.807) is 12.1 Å². The molecule has 1 aliphatic carbocycles. The zero-order valence-electron chi connectivity index (χ0n) is 20.9. The standard InChI is InChI=1S/C27H29ClN2O6S/c1-34-24-13-11-19(28)15-23(24)30(37(32,33)20-12-14-25(35-2)26(16-20)36-3)17-27(31)29-22-10-6-8-18-7-4-5-9-21(18)22/h4-5,7,9,11-16,22H,6,8,10,17H2,1-3H3,(H,29,31)/t22-/m1/s1. The highest BCUT2D eigenvalue weighted by atomic mass is 35.5. The quantitative estimate of drug-likeness (QED) is 0.417. The summed E-state index contributed by atoms with van der Waals surface area (Å²) in [6.07, 6.45) is 2.64. The molecule has 4 rings (SSSR count). The maximum Gasteiger partial charge on any atom is 0.265 e. The molecule has 8 nitrogen and oxygen atoms in total. The minimum Gasteiger partial charge on any atom is -0.495 e. The number of aryl methyl sites for hydroxylation is 1. The van der Waals surface area contributed by atoms with Crippen molar-refractivity contribution in [1.29, 1.82) is 0 Å². The van der Waals surface area contributed by atoms with Crippen molar-refractivity contribution in [2.24, 2.45) is 0 Å². The Labute approximate surface area is 222 Å². The van der Waals surface area contributed by atoms with Crippen LogP contribution >= 0.6 is 11.6 Å². The summed E-state index contributed by atoms with van der Waals surface area (Å²) in [5.74, 6) is 0.420. The van der Waals surface area contributed by atoms with Crippen molar-refractivity contribution in [3.63, 3.8) is 0 Å². The molecular formula is C27H29ClN2O6S. The molecule has 0 saturated carbocycles. The van der Waals surface area contributed by atoms with E-state index in [-0.39, 0.29) is 28.1 Å². The summed E-state index contributed by atoms with van der Waals surface area (Å²) in [5, 5.41) is 3.32. The number of hydrogen-bond acceptors (Lipinski definition) is 6. The molecule has 0 unspecified atom stereocenters. The molecule has 0 saturated heterocycles. The predicted octanol–water partition coefficient (Wildman–Crippen LogP) is 4.75. The average Bonchev–Trinajstić information content (AvgIpc) is 2.91. The van der Waals surface area contributed by atoms with Gasteiger partial charge in [0.05, 0.1) is 38.0 Å². The average molecular weight is 545 g/mol. The van der Waals surface area contributed by atoms with Crippen molar-refractivity contribution in [1.82, 2.24) is 5.32 Å². The Balaban J connectivity index is 1.72. The number of nitrogens with one attached hydrogen (secondary N) is 1. The number of anilines is 1. The molecule has 0 bridgehead atoms. The summed E-state index contributed by atoms with van der Waals surface area (Å²) in [5.41, 5.74) is 2.38. The van der Waals surface area contributed by atoms with Gasteiger partial charge in [0, 0.05) is 11.1 Å². The number of ether oxygens (including phenoxy) is 3. The van der Waals surface area contributed by atoms with Gasteiger partial charge in [-0.15, -0.1) is 0 Å². The van der Waals surface area contributed by atoms with E-state index in [9.17, 15) is 13.2 Å². The van der Waals surface area contributed by atoms with Crippen LogP contribution in [-0.4, -0.2) is 42.2 Å². The van der Waals surface area contributed by atoms with Crippen molar-refractivity contribution < 1.29 is 27.4 Å². The van der Waals surface area contributed by atoms with Crippen molar-refractivity contribution in [2.45, 2.75) is 30.2 Å². The van der Waals surface area contributed by atoms with Gasteiger partial charge in [0.15, 0.2) is 11.5 Å². The highest BCUT2D eigenvalue weighted by Gasteiger charge is 2.32. The van der Waals surface area contributed by atoms with Crippen LogP contribution in [-0.2, 0) is 21.2 Å². The van der Waals surface area contributed by atoms with E-state index in [1.165, 1.54) is 51.2 Å². The molecular weight excluding hydrogens is 516 g/mol. The molecule has 3 aromatic carbocycles. The number of nitrogens with zero attached hydrogens (tertiary/aromatic N) is 1. The van der Waals surface area contributed by atoms with Gasteiger partial charge in [0.2, 0.25) is 5.91 Å². The molecule has 37 heavy (non-hydrogen) atoms. The molecule has 1 amide bonds. The number of hydrogen-bond donors (Lipinski definition) is 1. The van der Waals surface area contributed by atoms with E-state index >= 15 is 0 Å². The third-order valence-electron chi connectivity index (χ3n) is 6.34. The fourth-order valence-electron chi connectivity index (χ4n) is 4.54. The summed E-state index contributed by atoms with van der Waals surface area (Å²) in [7, 11) is 0.0438. The van der Waals surface area contributed by atoms with Gasteiger partial charge in [-0.05, 0) is 60.7 Å². The minimum atomic E-state index is -4.26. The minimum absolute atomic E-state index is 0.0806. The van der Waals surface area contributed by atoms with Crippen LogP contribution in [0.5, 0.6) is 17.2 Å². The molecule has 0 heterocycles. The van der Waals surface area contributed by atoms with Gasteiger partial charge in [0.1, 0.15) is 12.3 Å². The molecule has 0 spiro atoms. The van der Waals surface area contributed by atoms with Crippen molar-refractivity contribution in [2.75, 3.05) is 32.2 Å². The van der Waals surface area contributed by atoms with Crippen molar-refractivity contribution in [3.8, 4) is 17.2 Å². The first kappa shape index (κ1) is 26.6. The second-order valence-electron chi connectivity index (χ2n) is 8.56. The lowest BCUT2D eigenvalue weighted by Crippen LogP contribution is -2.42. The van der Waals surface area contributed by atoms with Gasteiger partial charge in [-0.1, -0.05) is 35.9 Å². The first-order valence-electron chi connectivity index (χ1n) is 11.7. The van der Waals surface area contributed by atoms with E-state index in [1.807, 2.05) is 18.2 Å². The van der Waals surface area contributed by atoms with Crippen LogP contribution in [0.3, 0.4) is 0 Å². The first-order valence-corrected chi connectivity index (χ1v) is 13.6.